The molecule has 1 amide bonds. The Morgan fingerprint density at radius 2 is 2.12 bits per heavy atom. The van der Waals surface area contributed by atoms with E-state index in [4.69, 9.17) is 0 Å². The van der Waals surface area contributed by atoms with Gasteiger partial charge in [0.05, 0.1) is 6.54 Å². The van der Waals surface area contributed by atoms with E-state index in [0.29, 0.717) is 31.0 Å². The lowest BCUT2D eigenvalue weighted by molar-refractivity contribution is -0.117. The predicted octanol–water partition coefficient (Wildman–Crippen LogP) is 2.19. The van der Waals surface area contributed by atoms with Gasteiger partial charge in [-0.3, -0.25) is 4.79 Å². The first-order chi connectivity index (χ1) is 11.7. The number of hydrogen-bond donors (Lipinski definition) is 2. The van der Waals surface area contributed by atoms with Crippen LogP contribution in [0.4, 0.5) is 5.69 Å². The molecule has 3 heterocycles. The Labute approximate surface area is 141 Å². The van der Waals surface area contributed by atoms with Crippen molar-refractivity contribution in [1.82, 2.24) is 20.1 Å². The van der Waals surface area contributed by atoms with Gasteiger partial charge in [-0.1, -0.05) is 12.1 Å². The summed E-state index contributed by atoms with van der Waals surface area (Å²) < 4.78 is 1.77. The number of fused-ring (bicyclic) bond motifs is 2. The Balaban J connectivity index is 1.33. The average Bonchev–Trinajstić information content (AvgIpc) is 3.17. The van der Waals surface area contributed by atoms with Crippen molar-refractivity contribution in [2.24, 2.45) is 5.92 Å². The Kier molecular flexibility index (Phi) is 4.30. The van der Waals surface area contributed by atoms with Crippen LogP contribution in [0.25, 0.3) is 0 Å². The SMILES string of the molecule is O=C(CC1CC2CCC(C1)N2)Nc1cccc(Cn2cncn2)c1. The fraction of sp³-hybridized carbons (Fsp3) is 0.500. The zero-order valence-electron chi connectivity index (χ0n) is 13.7. The summed E-state index contributed by atoms with van der Waals surface area (Å²) in [5.41, 5.74) is 1.95. The maximum absolute atomic E-state index is 12.4. The maximum Gasteiger partial charge on any atom is 0.224 e. The number of nitrogens with zero attached hydrogens (tertiary/aromatic N) is 3. The van der Waals surface area contributed by atoms with Gasteiger partial charge in [-0.05, 0) is 49.3 Å². The molecule has 24 heavy (non-hydrogen) atoms. The number of benzene rings is 1. The van der Waals surface area contributed by atoms with Crippen LogP contribution in [0, 0.1) is 5.92 Å². The molecule has 2 atom stereocenters. The zero-order valence-corrected chi connectivity index (χ0v) is 13.7. The van der Waals surface area contributed by atoms with Crippen molar-refractivity contribution in [1.29, 1.82) is 0 Å². The molecule has 0 radical (unpaired) electrons. The van der Waals surface area contributed by atoms with Crippen LogP contribution >= 0.6 is 0 Å². The number of piperidine rings is 1. The molecule has 2 fully saturated rings. The standard InChI is InChI=1S/C18H23N5O/c24-18(9-14-7-16-4-5-17(8-14)21-16)22-15-3-1-2-13(6-15)10-23-12-19-11-20-23/h1-3,6,11-12,14,16-17,21H,4-5,7-10H2,(H,22,24). The number of nitrogens with one attached hydrogen (secondary N) is 2. The highest BCUT2D eigenvalue weighted by Gasteiger charge is 2.34. The second-order valence-corrected chi connectivity index (χ2v) is 7.02. The summed E-state index contributed by atoms with van der Waals surface area (Å²) in [6.45, 7) is 0.654. The number of rotatable bonds is 5. The number of anilines is 1. The Hall–Kier alpha value is -2.21. The molecule has 2 aromatic rings. The Morgan fingerprint density at radius 3 is 2.88 bits per heavy atom. The van der Waals surface area contributed by atoms with E-state index < -0.39 is 0 Å². The Bertz CT molecular complexity index is 687. The van der Waals surface area contributed by atoms with Crippen molar-refractivity contribution >= 4 is 11.6 Å². The highest BCUT2D eigenvalue weighted by molar-refractivity contribution is 5.90. The predicted molar refractivity (Wildman–Crippen MR) is 91.5 cm³/mol. The van der Waals surface area contributed by atoms with Crippen molar-refractivity contribution in [3.05, 3.63) is 42.5 Å². The van der Waals surface area contributed by atoms with Gasteiger partial charge in [0.15, 0.2) is 0 Å². The van der Waals surface area contributed by atoms with Crippen LogP contribution in [0.2, 0.25) is 0 Å². The van der Waals surface area contributed by atoms with Gasteiger partial charge in [-0.2, -0.15) is 5.10 Å². The first-order valence-electron chi connectivity index (χ1n) is 8.72. The summed E-state index contributed by atoms with van der Waals surface area (Å²) in [6, 6.07) is 9.20. The van der Waals surface area contributed by atoms with E-state index >= 15 is 0 Å². The molecule has 4 rings (SSSR count). The molecule has 2 aliphatic rings. The molecule has 2 unspecified atom stereocenters. The van der Waals surface area contributed by atoms with Gasteiger partial charge in [0.1, 0.15) is 12.7 Å². The van der Waals surface area contributed by atoms with E-state index in [9.17, 15) is 4.79 Å². The summed E-state index contributed by atoms with van der Waals surface area (Å²) in [5.74, 6) is 0.640. The largest absolute Gasteiger partial charge is 0.326 e. The normalized spacial score (nSPS) is 25.6. The van der Waals surface area contributed by atoms with Crippen LogP contribution in [-0.4, -0.2) is 32.8 Å². The molecule has 6 nitrogen and oxygen atoms in total. The van der Waals surface area contributed by atoms with Crippen molar-refractivity contribution < 1.29 is 4.79 Å². The molecule has 0 saturated carbocycles. The number of carbonyl (C=O) groups is 1. The third-order valence-corrected chi connectivity index (χ3v) is 5.07. The molecule has 2 saturated heterocycles. The van der Waals surface area contributed by atoms with Gasteiger partial charge in [-0.25, -0.2) is 9.67 Å². The zero-order chi connectivity index (χ0) is 16.4. The molecule has 126 valence electrons. The van der Waals surface area contributed by atoms with E-state index in [-0.39, 0.29) is 5.91 Å². The van der Waals surface area contributed by atoms with Gasteiger partial charge in [0.2, 0.25) is 5.91 Å². The number of aromatic nitrogens is 3. The fourth-order valence-electron chi connectivity index (χ4n) is 4.06. The third kappa shape index (κ3) is 3.64. The van der Waals surface area contributed by atoms with Gasteiger partial charge in [0.25, 0.3) is 0 Å². The van der Waals surface area contributed by atoms with E-state index in [1.807, 2.05) is 24.3 Å². The molecule has 0 aliphatic carbocycles. The van der Waals surface area contributed by atoms with Crippen molar-refractivity contribution in [2.75, 3.05) is 5.32 Å². The quantitative estimate of drug-likeness (QED) is 0.884. The monoisotopic (exact) mass is 325 g/mol. The molecule has 1 aromatic heterocycles. The second kappa shape index (κ2) is 6.73. The van der Waals surface area contributed by atoms with E-state index in [1.165, 1.54) is 19.2 Å². The summed E-state index contributed by atoms with van der Waals surface area (Å²) in [6.07, 6.45) is 8.66. The van der Waals surface area contributed by atoms with Gasteiger partial charge in [0, 0.05) is 24.2 Å². The van der Waals surface area contributed by atoms with Gasteiger partial charge in [-0.15, -0.1) is 0 Å². The maximum atomic E-state index is 12.4. The smallest absolute Gasteiger partial charge is 0.224 e. The van der Waals surface area contributed by atoms with Crippen LogP contribution in [-0.2, 0) is 11.3 Å². The van der Waals surface area contributed by atoms with Crippen molar-refractivity contribution in [2.45, 2.75) is 50.7 Å². The lowest BCUT2D eigenvalue weighted by Gasteiger charge is -2.28. The van der Waals surface area contributed by atoms with E-state index in [2.05, 4.69) is 20.7 Å². The van der Waals surface area contributed by atoms with Crippen LogP contribution in [0.1, 0.15) is 37.7 Å². The summed E-state index contributed by atoms with van der Waals surface area (Å²) in [7, 11) is 0. The van der Waals surface area contributed by atoms with Crippen LogP contribution in [0.5, 0.6) is 0 Å². The molecular formula is C18H23N5O. The van der Waals surface area contributed by atoms with E-state index in [1.54, 1.807) is 11.0 Å². The number of hydrogen-bond acceptors (Lipinski definition) is 4. The first kappa shape index (κ1) is 15.3. The summed E-state index contributed by atoms with van der Waals surface area (Å²) in [4.78, 5) is 16.3. The highest BCUT2D eigenvalue weighted by Crippen LogP contribution is 2.32. The molecular weight excluding hydrogens is 302 g/mol. The molecule has 2 aliphatic heterocycles. The minimum atomic E-state index is 0.124. The fourth-order valence-corrected chi connectivity index (χ4v) is 4.06. The van der Waals surface area contributed by atoms with Gasteiger partial charge >= 0.3 is 0 Å². The minimum absolute atomic E-state index is 0.124. The second-order valence-electron chi connectivity index (χ2n) is 7.02. The number of amides is 1. The van der Waals surface area contributed by atoms with Gasteiger partial charge < -0.3 is 10.6 Å². The molecule has 2 bridgehead atoms. The number of carbonyl (C=O) groups excluding carboxylic acids is 1. The third-order valence-electron chi connectivity index (χ3n) is 5.07. The molecule has 0 spiro atoms. The van der Waals surface area contributed by atoms with Crippen LogP contribution < -0.4 is 10.6 Å². The Morgan fingerprint density at radius 1 is 1.29 bits per heavy atom. The summed E-state index contributed by atoms with van der Waals surface area (Å²) >= 11 is 0. The molecule has 2 N–H and O–H groups in total. The topological polar surface area (TPSA) is 71.8 Å². The minimum Gasteiger partial charge on any atom is -0.326 e. The molecule has 6 heteroatoms. The lowest BCUT2D eigenvalue weighted by atomic mass is 9.89. The van der Waals surface area contributed by atoms with E-state index in [0.717, 1.165) is 24.1 Å². The summed E-state index contributed by atoms with van der Waals surface area (Å²) in [5, 5.41) is 10.8. The molecule has 1 aromatic carbocycles. The van der Waals surface area contributed by atoms with Crippen LogP contribution in [0.3, 0.4) is 0 Å². The van der Waals surface area contributed by atoms with Crippen LogP contribution in [0.15, 0.2) is 36.9 Å². The first-order valence-corrected chi connectivity index (χ1v) is 8.72. The van der Waals surface area contributed by atoms with Crippen molar-refractivity contribution in [3.63, 3.8) is 0 Å². The average molecular weight is 325 g/mol. The highest BCUT2D eigenvalue weighted by atomic mass is 16.1. The van der Waals surface area contributed by atoms with Crippen molar-refractivity contribution in [3.8, 4) is 0 Å². The lowest BCUT2D eigenvalue weighted by Crippen LogP contribution is -2.39.